The number of amides is 1. The van der Waals surface area contributed by atoms with E-state index in [-0.39, 0.29) is 34.1 Å². The molecule has 1 amide bonds. The van der Waals surface area contributed by atoms with Gasteiger partial charge in [-0.05, 0) is 62.5 Å². The highest BCUT2D eigenvalue weighted by molar-refractivity contribution is 9.10. The van der Waals surface area contributed by atoms with Gasteiger partial charge in [-0.2, -0.15) is 0 Å². The van der Waals surface area contributed by atoms with Crippen LogP contribution in [0, 0.1) is 5.82 Å². The molecule has 0 spiro atoms. The van der Waals surface area contributed by atoms with Crippen LogP contribution in [0.25, 0.3) is 0 Å². The Hall–Kier alpha value is -3.18. The minimum atomic E-state index is -0.456. The van der Waals surface area contributed by atoms with E-state index in [0.29, 0.717) is 12.1 Å². The first-order valence-corrected chi connectivity index (χ1v) is 8.81. The fraction of sp³-hybridized carbons (Fsp3) is 0.118. The highest BCUT2D eigenvalue weighted by Gasteiger charge is 2.19. The summed E-state index contributed by atoms with van der Waals surface area (Å²) in [5.74, 6) is -0.940. The number of hydrogen-bond donors (Lipinski definition) is 3. The first-order chi connectivity index (χ1) is 13.6. The molecular weight excluding hydrogens is 435 g/mol. The maximum absolute atomic E-state index is 13.3. The number of aliphatic imine (C=N–C) groups is 1. The largest absolute Gasteiger partial charge is 0.306 e. The fourth-order valence-electron chi connectivity index (χ4n) is 2.24. The predicted molar refractivity (Wildman–Crippen MR) is 101 cm³/mol. The Morgan fingerprint density at radius 3 is 2.89 bits per heavy atom. The molecule has 3 aromatic rings. The van der Waals surface area contributed by atoms with E-state index in [9.17, 15) is 14.4 Å². The van der Waals surface area contributed by atoms with E-state index in [0.717, 1.165) is 5.56 Å². The van der Waals surface area contributed by atoms with Crippen molar-refractivity contribution in [2.45, 2.75) is 12.8 Å². The van der Waals surface area contributed by atoms with Crippen molar-refractivity contribution in [2.24, 2.45) is 4.99 Å². The van der Waals surface area contributed by atoms with E-state index < -0.39 is 5.82 Å². The summed E-state index contributed by atoms with van der Waals surface area (Å²) < 4.78 is 18.2. The third kappa shape index (κ3) is 4.96. The van der Waals surface area contributed by atoms with Gasteiger partial charge in [0.1, 0.15) is 5.82 Å². The Balaban J connectivity index is 1.73. The van der Waals surface area contributed by atoms with Crippen LogP contribution in [0.15, 0.2) is 56.8 Å². The molecule has 0 aliphatic rings. The van der Waals surface area contributed by atoms with Gasteiger partial charge < -0.3 is 5.32 Å². The molecule has 0 saturated carbocycles. The van der Waals surface area contributed by atoms with Crippen LogP contribution < -0.4 is 10.8 Å². The van der Waals surface area contributed by atoms with Crippen LogP contribution in [-0.4, -0.2) is 32.2 Å². The van der Waals surface area contributed by atoms with Gasteiger partial charge in [0.05, 0.1) is 10.2 Å². The number of rotatable bonds is 6. The average Bonchev–Trinajstić information content (AvgIpc) is 3.16. The van der Waals surface area contributed by atoms with Crippen molar-refractivity contribution in [2.75, 3.05) is 5.32 Å². The van der Waals surface area contributed by atoms with E-state index in [1.54, 1.807) is 18.5 Å². The van der Waals surface area contributed by atoms with Crippen molar-refractivity contribution >= 4 is 39.2 Å². The van der Waals surface area contributed by atoms with Crippen LogP contribution in [0.5, 0.6) is 0 Å². The summed E-state index contributed by atoms with van der Waals surface area (Å²) in [6.45, 7) is 0. The molecule has 0 aliphatic carbocycles. The third-order valence-corrected chi connectivity index (χ3v) is 4.19. The molecule has 3 N–H and O–H groups in total. The second-order valence-corrected chi connectivity index (χ2v) is 6.40. The van der Waals surface area contributed by atoms with Crippen molar-refractivity contribution in [3.8, 4) is 0 Å². The molecule has 0 saturated heterocycles. The summed E-state index contributed by atoms with van der Waals surface area (Å²) in [5.41, 5.74) is 3.10. The summed E-state index contributed by atoms with van der Waals surface area (Å²) in [4.78, 5) is 20.3. The number of nitrogens with zero attached hydrogens (tertiary/aromatic N) is 4. The number of aryl methyl sites for hydroxylation is 1. The summed E-state index contributed by atoms with van der Waals surface area (Å²) in [6, 6.07) is 7.67. The number of hydroxylamine groups is 1. The first kappa shape index (κ1) is 19.6. The number of carbonyl (C=O) groups is 1. The maximum atomic E-state index is 13.3. The normalized spacial score (nSPS) is 11.3. The second-order valence-electron chi connectivity index (χ2n) is 5.54. The molecular formula is C17H14BrFN6O3. The quantitative estimate of drug-likeness (QED) is 0.300. The number of halogens is 2. The van der Waals surface area contributed by atoms with Gasteiger partial charge in [0.2, 0.25) is 11.7 Å². The smallest absolute Gasteiger partial charge is 0.226 e. The Kier molecular flexibility index (Phi) is 6.40. The Morgan fingerprint density at radius 1 is 1.32 bits per heavy atom. The van der Waals surface area contributed by atoms with Crippen molar-refractivity contribution in [3.05, 3.63) is 64.3 Å². The Morgan fingerprint density at radius 2 is 2.18 bits per heavy atom. The van der Waals surface area contributed by atoms with Gasteiger partial charge in [-0.15, -0.1) is 0 Å². The van der Waals surface area contributed by atoms with Crippen LogP contribution in [0.1, 0.15) is 17.7 Å². The molecule has 9 nitrogen and oxygen atoms in total. The summed E-state index contributed by atoms with van der Waals surface area (Å²) >= 11 is 3.06. The number of carbonyl (C=O) groups excluding carboxylic acids is 1. The number of amidine groups is 1. The molecule has 1 aromatic carbocycles. The van der Waals surface area contributed by atoms with E-state index in [1.165, 1.54) is 18.2 Å². The van der Waals surface area contributed by atoms with Crippen molar-refractivity contribution in [3.63, 3.8) is 0 Å². The number of aromatic nitrogens is 3. The predicted octanol–water partition coefficient (Wildman–Crippen LogP) is 2.99. The lowest BCUT2D eigenvalue weighted by atomic mass is 10.1. The van der Waals surface area contributed by atoms with Gasteiger partial charge in [0.15, 0.2) is 11.5 Å². The van der Waals surface area contributed by atoms with E-state index >= 15 is 0 Å². The number of hydrogen-bond acceptors (Lipinski definition) is 7. The zero-order valence-corrected chi connectivity index (χ0v) is 15.9. The molecule has 0 fully saturated rings. The summed E-state index contributed by atoms with van der Waals surface area (Å²) in [6.07, 6.45) is 4.00. The lowest BCUT2D eigenvalue weighted by Crippen LogP contribution is -2.23. The zero-order valence-electron chi connectivity index (χ0n) is 14.3. The number of pyridine rings is 1. The maximum Gasteiger partial charge on any atom is 0.226 e. The molecule has 2 aromatic heterocycles. The van der Waals surface area contributed by atoms with Crippen LogP contribution in [-0.2, 0) is 11.2 Å². The monoisotopic (exact) mass is 448 g/mol. The molecule has 0 unspecified atom stereocenters. The van der Waals surface area contributed by atoms with Gasteiger partial charge >= 0.3 is 0 Å². The molecule has 0 aliphatic heterocycles. The van der Waals surface area contributed by atoms with Crippen LogP contribution in [0.2, 0.25) is 0 Å². The topological polar surface area (TPSA) is 126 Å². The molecule has 2 heterocycles. The standard InChI is InChI=1S/C17H14BrFN6O3/c18-12-8-11(4-5-13(12)19)21-16(23-27)15-17(25-28-24-15)22-14(26)6-3-10-2-1-7-20-9-10/h1-2,4-5,7-9,27H,3,6H2,(H,21,23)(H,22,25,26). The highest BCUT2D eigenvalue weighted by atomic mass is 79.9. The zero-order chi connectivity index (χ0) is 19.9. The van der Waals surface area contributed by atoms with E-state index in [2.05, 4.69) is 46.2 Å². The van der Waals surface area contributed by atoms with Gasteiger partial charge in [0, 0.05) is 18.8 Å². The van der Waals surface area contributed by atoms with Crippen molar-refractivity contribution in [1.82, 2.24) is 20.8 Å². The summed E-state index contributed by atoms with van der Waals surface area (Å²) in [7, 11) is 0. The average molecular weight is 449 g/mol. The lowest BCUT2D eigenvalue weighted by molar-refractivity contribution is -0.116. The van der Waals surface area contributed by atoms with Gasteiger partial charge in [-0.3, -0.25) is 20.5 Å². The highest BCUT2D eigenvalue weighted by Crippen LogP contribution is 2.23. The number of nitrogens with one attached hydrogen (secondary N) is 2. The SMILES string of the molecule is O=C(CCc1cccnc1)Nc1nonc1C(=Nc1ccc(F)c(Br)c1)NO. The van der Waals surface area contributed by atoms with E-state index in [1.807, 2.05) is 11.5 Å². The minimum absolute atomic E-state index is 0.0160. The van der Waals surface area contributed by atoms with Crippen LogP contribution in [0.4, 0.5) is 15.9 Å². The van der Waals surface area contributed by atoms with Crippen molar-refractivity contribution < 1.29 is 19.0 Å². The molecule has 28 heavy (non-hydrogen) atoms. The van der Waals surface area contributed by atoms with Crippen LogP contribution >= 0.6 is 15.9 Å². The van der Waals surface area contributed by atoms with Gasteiger partial charge in [-0.1, -0.05) is 6.07 Å². The number of anilines is 1. The lowest BCUT2D eigenvalue weighted by Gasteiger charge is -2.05. The molecule has 144 valence electrons. The summed E-state index contributed by atoms with van der Waals surface area (Å²) in [5, 5.41) is 19.2. The molecule has 11 heteroatoms. The number of benzene rings is 1. The molecule has 0 radical (unpaired) electrons. The van der Waals surface area contributed by atoms with E-state index in [4.69, 9.17) is 0 Å². The van der Waals surface area contributed by atoms with Crippen LogP contribution in [0.3, 0.4) is 0 Å². The van der Waals surface area contributed by atoms with Gasteiger partial charge in [-0.25, -0.2) is 14.0 Å². The molecule has 0 atom stereocenters. The minimum Gasteiger partial charge on any atom is -0.306 e. The Labute approximate surface area is 166 Å². The Bertz CT molecular complexity index is 996. The van der Waals surface area contributed by atoms with Crippen molar-refractivity contribution in [1.29, 1.82) is 0 Å². The fourth-order valence-corrected chi connectivity index (χ4v) is 2.61. The second kappa shape index (κ2) is 9.15. The molecule has 3 rings (SSSR count). The first-order valence-electron chi connectivity index (χ1n) is 8.02. The molecule has 0 bridgehead atoms. The third-order valence-electron chi connectivity index (χ3n) is 3.58. The van der Waals surface area contributed by atoms with Gasteiger partial charge in [0.25, 0.3) is 0 Å².